The zero-order chi connectivity index (χ0) is 20.3. The summed E-state index contributed by atoms with van der Waals surface area (Å²) in [7, 11) is 0.768. The number of aromatic nitrogens is 1. The molecule has 0 bridgehead atoms. The molecule has 7 nitrogen and oxygen atoms in total. The summed E-state index contributed by atoms with van der Waals surface area (Å²) in [5, 5.41) is 0.933. The molecule has 3 aromatic rings. The van der Waals surface area contributed by atoms with Crippen LogP contribution in [-0.2, 0) is 21.3 Å². The second-order valence-corrected chi connectivity index (χ2v) is 8.52. The number of nitrogens with one attached hydrogen (secondary N) is 1. The summed E-state index contributed by atoms with van der Waals surface area (Å²) in [5.41, 5.74) is 1.48. The smallest absolute Gasteiger partial charge is 0.263 e. The van der Waals surface area contributed by atoms with Gasteiger partial charge in [-0.1, -0.05) is 0 Å². The number of fused-ring (bicyclic) bond motifs is 1. The van der Waals surface area contributed by atoms with Crippen LogP contribution in [0.15, 0.2) is 52.0 Å². The summed E-state index contributed by atoms with van der Waals surface area (Å²) in [6.45, 7) is 1.33. The minimum Gasteiger partial charge on any atom is -0.493 e. The van der Waals surface area contributed by atoms with E-state index in [2.05, 4.69) is 25.2 Å². The van der Waals surface area contributed by atoms with Gasteiger partial charge in [-0.25, -0.2) is 8.42 Å². The Morgan fingerprint density at radius 1 is 1.04 bits per heavy atom. The van der Waals surface area contributed by atoms with Gasteiger partial charge in [0.05, 0.1) is 20.8 Å². The van der Waals surface area contributed by atoms with Gasteiger partial charge in [-0.2, -0.15) is 0 Å². The van der Waals surface area contributed by atoms with Crippen molar-refractivity contribution >= 4 is 42.5 Å². The van der Waals surface area contributed by atoms with Gasteiger partial charge in [-0.05, 0) is 46.3 Å². The Hall–Kier alpha value is -2.23. The molecule has 0 aliphatic heterocycles. The number of hydrogen-bond donors (Lipinski definition) is 1. The highest BCUT2D eigenvalue weighted by Gasteiger charge is 2.21. The minimum atomic E-state index is -3.84. The van der Waals surface area contributed by atoms with Crippen molar-refractivity contribution in [3.05, 3.63) is 47.1 Å². The van der Waals surface area contributed by atoms with E-state index in [9.17, 15) is 8.42 Å². The fourth-order valence-corrected chi connectivity index (χ4v) is 4.99. The average molecular weight is 469 g/mol. The van der Waals surface area contributed by atoms with Crippen LogP contribution in [0, 0.1) is 0 Å². The van der Waals surface area contributed by atoms with E-state index in [1.807, 2.05) is 18.3 Å². The van der Waals surface area contributed by atoms with E-state index in [0.29, 0.717) is 28.3 Å². The molecule has 1 N–H and O–H groups in total. The van der Waals surface area contributed by atoms with Crippen LogP contribution in [0.5, 0.6) is 11.5 Å². The molecule has 0 radical (unpaired) electrons. The molecular weight excluding hydrogens is 448 g/mol. The zero-order valence-corrected chi connectivity index (χ0v) is 18.1. The molecule has 28 heavy (non-hydrogen) atoms. The maximum atomic E-state index is 12.9. The second kappa shape index (κ2) is 8.42. The molecule has 0 fully saturated rings. The number of anilines is 1. The lowest BCUT2D eigenvalue weighted by atomic mass is 10.2. The lowest BCUT2D eigenvalue weighted by Crippen LogP contribution is -2.14. The van der Waals surface area contributed by atoms with E-state index >= 15 is 0 Å². The first kappa shape index (κ1) is 20.5. The summed E-state index contributed by atoms with van der Waals surface area (Å²) in [4.78, 5) is 0.0583. The van der Waals surface area contributed by atoms with Crippen LogP contribution in [0.25, 0.3) is 10.9 Å². The van der Waals surface area contributed by atoms with Crippen molar-refractivity contribution in [1.82, 2.24) is 4.57 Å². The first-order valence-electron chi connectivity index (χ1n) is 8.42. The highest BCUT2D eigenvalue weighted by Crippen LogP contribution is 2.36. The quantitative estimate of drug-likeness (QED) is 0.542. The number of benzene rings is 2. The second-order valence-electron chi connectivity index (χ2n) is 6.02. The van der Waals surface area contributed by atoms with E-state index in [1.165, 1.54) is 20.3 Å². The van der Waals surface area contributed by atoms with E-state index in [-0.39, 0.29) is 4.90 Å². The van der Waals surface area contributed by atoms with Crippen LogP contribution >= 0.6 is 15.9 Å². The number of hydrogen-bond acceptors (Lipinski definition) is 5. The number of ether oxygens (including phenoxy) is 3. The molecule has 150 valence electrons. The monoisotopic (exact) mass is 468 g/mol. The van der Waals surface area contributed by atoms with E-state index < -0.39 is 10.0 Å². The third-order valence-corrected chi connectivity index (χ3v) is 6.63. The van der Waals surface area contributed by atoms with Gasteiger partial charge in [0.15, 0.2) is 11.5 Å². The number of nitrogens with zero attached hydrogens (tertiary/aromatic N) is 1. The molecule has 0 unspecified atom stereocenters. The molecule has 0 spiro atoms. The molecule has 9 heteroatoms. The van der Waals surface area contributed by atoms with Crippen LogP contribution in [0.1, 0.15) is 0 Å². The van der Waals surface area contributed by atoms with Gasteiger partial charge in [-0.15, -0.1) is 0 Å². The number of sulfonamides is 1. The largest absolute Gasteiger partial charge is 0.493 e. The van der Waals surface area contributed by atoms with Crippen LogP contribution < -0.4 is 14.2 Å². The molecule has 0 aliphatic carbocycles. The first-order chi connectivity index (χ1) is 13.4. The fourth-order valence-electron chi connectivity index (χ4n) is 2.90. The summed E-state index contributed by atoms with van der Waals surface area (Å²) >= 11 is 3.30. The van der Waals surface area contributed by atoms with E-state index in [1.54, 1.807) is 25.3 Å². The maximum absolute atomic E-state index is 12.9. The van der Waals surface area contributed by atoms with Crippen LogP contribution in [0.4, 0.5) is 5.69 Å². The van der Waals surface area contributed by atoms with Gasteiger partial charge in [0.2, 0.25) is 0 Å². The third kappa shape index (κ3) is 4.11. The molecule has 1 heterocycles. The van der Waals surface area contributed by atoms with Crippen molar-refractivity contribution in [3.8, 4) is 11.5 Å². The summed E-state index contributed by atoms with van der Waals surface area (Å²) in [5.74, 6) is 0.767. The van der Waals surface area contributed by atoms with E-state index in [4.69, 9.17) is 14.2 Å². The molecule has 0 saturated heterocycles. The topological polar surface area (TPSA) is 78.8 Å². The molecule has 0 aliphatic rings. The average Bonchev–Trinajstić information content (AvgIpc) is 3.07. The van der Waals surface area contributed by atoms with Crippen molar-refractivity contribution in [2.75, 3.05) is 32.7 Å². The standard InChI is InChI=1S/C19H21BrN2O5S/c1-25-9-8-22-7-6-13-10-14(4-5-16(13)22)21-28(23,24)19-12-18(27-3)17(26-2)11-15(19)20/h4-7,10-12,21H,8-9H2,1-3H3. The zero-order valence-electron chi connectivity index (χ0n) is 15.7. The molecule has 2 aromatic carbocycles. The predicted octanol–water partition coefficient (Wildman–Crippen LogP) is 3.87. The number of methoxy groups -OCH3 is 3. The van der Waals surface area contributed by atoms with Crippen LogP contribution in [0.2, 0.25) is 0 Å². The minimum absolute atomic E-state index is 0.0583. The normalized spacial score (nSPS) is 11.6. The van der Waals surface area contributed by atoms with Gasteiger partial charge in [0.1, 0.15) is 4.90 Å². The Morgan fingerprint density at radius 2 is 1.75 bits per heavy atom. The van der Waals surface area contributed by atoms with Crippen molar-refractivity contribution in [2.45, 2.75) is 11.4 Å². The van der Waals surface area contributed by atoms with Crippen molar-refractivity contribution in [2.24, 2.45) is 0 Å². The summed E-state index contributed by atoms with van der Waals surface area (Å²) < 4.78 is 46.4. The lowest BCUT2D eigenvalue weighted by Gasteiger charge is -2.14. The molecule has 0 amide bonds. The third-order valence-electron chi connectivity index (χ3n) is 4.29. The molecule has 0 saturated carbocycles. The van der Waals surface area contributed by atoms with Gasteiger partial charge in [0, 0.05) is 47.0 Å². The first-order valence-corrected chi connectivity index (χ1v) is 10.7. The number of rotatable bonds is 8. The van der Waals surface area contributed by atoms with Crippen LogP contribution in [0.3, 0.4) is 0 Å². The summed E-state index contributed by atoms with van der Waals surface area (Å²) in [6.07, 6.45) is 1.95. The highest BCUT2D eigenvalue weighted by atomic mass is 79.9. The SMILES string of the molecule is COCCn1ccc2cc(NS(=O)(=O)c3cc(OC)c(OC)cc3Br)ccc21. The van der Waals surface area contributed by atoms with Gasteiger partial charge >= 0.3 is 0 Å². The van der Waals surface area contributed by atoms with Crippen molar-refractivity contribution < 1.29 is 22.6 Å². The van der Waals surface area contributed by atoms with E-state index in [0.717, 1.165) is 17.4 Å². The molecule has 0 atom stereocenters. The fraction of sp³-hybridized carbons (Fsp3) is 0.263. The Morgan fingerprint density at radius 3 is 2.43 bits per heavy atom. The Kier molecular flexibility index (Phi) is 6.17. The summed E-state index contributed by atoms with van der Waals surface area (Å²) in [6, 6.07) is 10.3. The Bertz CT molecular complexity index is 1100. The maximum Gasteiger partial charge on any atom is 0.263 e. The predicted molar refractivity (Wildman–Crippen MR) is 112 cm³/mol. The lowest BCUT2D eigenvalue weighted by molar-refractivity contribution is 0.188. The molecular formula is C19H21BrN2O5S. The molecule has 1 aromatic heterocycles. The van der Waals surface area contributed by atoms with Crippen molar-refractivity contribution in [1.29, 1.82) is 0 Å². The Labute approximate surface area is 172 Å². The number of halogens is 1. The van der Waals surface area contributed by atoms with Crippen LogP contribution in [-0.4, -0.2) is 40.9 Å². The van der Waals surface area contributed by atoms with Gasteiger partial charge in [0.25, 0.3) is 10.0 Å². The van der Waals surface area contributed by atoms with Gasteiger partial charge in [-0.3, -0.25) is 4.72 Å². The van der Waals surface area contributed by atoms with Gasteiger partial charge < -0.3 is 18.8 Å². The Balaban J connectivity index is 1.92. The highest BCUT2D eigenvalue weighted by molar-refractivity contribution is 9.10. The van der Waals surface area contributed by atoms with Crippen molar-refractivity contribution in [3.63, 3.8) is 0 Å². The molecule has 3 rings (SSSR count).